The summed E-state index contributed by atoms with van der Waals surface area (Å²) in [7, 11) is -3.33. The fourth-order valence-electron chi connectivity index (χ4n) is 2.13. The summed E-state index contributed by atoms with van der Waals surface area (Å²) in [5.41, 5.74) is 1.29. The van der Waals surface area contributed by atoms with Gasteiger partial charge in [-0.05, 0) is 49.8 Å². The Kier molecular flexibility index (Phi) is 5.80. The second-order valence-electron chi connectivity index (χ2n) is 5.51. The summed E-state index contributed by atoms with van der Waals surface area (Å²) in [6, 6.07) is 10.7. The van der Waals surface area contributed by atoms with Gasteiger partial charge < -0.3 is 5.32 Å². The summed E-state index contributed by atoms with van der Waals surface area (Å²) < 4.78 is 25.0. The smallest absolute Gasteiger partial charge is 0.244 e. The number of benzene rings is 1. The lowest BCUT2D eigenvalue weighted by molar-refractivity contribution is -0.117. The maximum Gasteiger partial charge on any atom is 0.244 e. The SMILES string of the molecule is Cc1ccc(C=CC(=O)NC(C)c2cccc(NS(C)(=O)=O)c2)s1. The standard InChI is InChI=1S/C17H20N2O3S2/c1-12-7-8-16(23-12)9-10-17(20)18-13(2)14-5-4-6-15(11-14)19-24(3,21)22/h4-11,13,19H,1-3H3,(H,18,20). The van der Waals surface area contributed by atoms with Crippen LogP contribution in [0.2, 0.25) is 0 Å². The zero-order valence-electron chi connectivity index (χ0n) is 13.7. The van der Waals surface area contributed by atoms with Gasteiger partial charge >= 0.3 is 0 Å². The van der Waals surface area contributed by atoms with E-state index in [1.54, 1.807) is 35.6 Å². The van der Waals surface area contributed by atoms with Gasteiger partial charge in [-0.1, -0.05) is 12.1 Å². The molecule has 0 spiro atoms. The summed E-state index contributed by atoms with van der Waals surface area (Å²) in [5.74, 6) is -0.199. The van der Waals surface area contributed by atoms with E-state index in [1.165, 1.54) is 11.0 Å². The summed E-state index contributed by atoms with van der Waals surface area (Å²) in [5, 5.41) is 2.86. The predicted octanol–water partition coefficient (Wildman–Crippen LogP) is 3.32. The quantitative estimate of drug-likeness (QED) is 0.772. The van der Waals surface area contributed by atoms with Crippen LogP contribution in [0.1, 0.15) is 28.3 Å². The van der Waals surface area contributed by atoms with Crippen LogP contribution in [0.3, 0.4) is 0 Å². The Bertz CT molecular complexity index is 854. The van der Waals surface area contributed by atoms with Gasteiger partial charge in [0.1, 0.15) is 0 Å². The molecule has 2 N–H and O–H groups in total. The molecule has 1 aromatic carbocycles. The van der Waals surface area contributed by atoms with Crippen molar-refractivity contribution in [1.29, 1.82) is 0 Å². The van der Waals surface area contributed by atoms with Crippen molar-refractivity contribution in [3.8, 4) is 0 Å². The molecule has 0 bridgehead atoms. The van der Waals surface area contributed by atoms with Crippen molar-refractivity contribution in [2.45, 2.75) is 19.9 Å². The minimum absolute atomic E-state index is 0.199. The lowest BCUT2D eigenvalue weighted by atomic mass is 10.1. The van der Waals surface area contributed by atoms with Crippen molar-refractivity contribution < 1.29 is 13.2 Å². The average molecular weight is 364 g/mol. The Balaban J connectivity index is 2.01. The first-order valence-electron chi connectivity index (χ1n) is 7.36. The van der Waals surface area contributed by atoms with Gasteiger partial charge in [0, 0.05) is 21.5 Å². The third kappa shape index (κ3) is 5.82. The molecule has 0 aliphatic carbocycles. The summed E-state index contributed by atoms with van der Waals surface area (Å²) in [6.07, 6.45) is 4.38. The molecule has 1 aromatic heterocycles. The van der Waals surface area contributed by atoms with Gasteiger partial charge in [-0.3, -0.25) is 9.52 Å². The van der Waals surface area contributed by atoms with E-state index in [4.69, 9.17) is 0 Å². The van der Waals surface area contributed by atoms with Gasteiger partial charge in [-0.2, -0.15) is 0 Å². The van der Waals surface area contributed by atoms with Crippen LogP contribution in [-0.2, 0) is 14.8 Å². The number of anilines is 1. The topological polar surface area (TPSA) is 75.3 Å². The number of hydrogen-bond acceptors (Lipinski definition) is 4. The van der Waals surface area contributed by atoms with Gasteiger partial charge in [0.25, 0.3) is 0 Å². The van der Waals surface area contributed by atoms with Crippen molar-refractivity contribution in [3.05, 3.63) is 57.8 Å². The molecule has 24 heavy (non-hydrogen) atoms. The van der Waals surface area contributed by atoms with Crippen LogP contribution in [-0.4, -0.2) is 20.6 Å². The fraction of sp³-hybridized carbons (Fsp3) is 0.235. The molecule has 0 aliphatic heterocycles. The highest BCUT2D eigenvalue weighted by Crippen LogP contribution is 2.19. The predicted molar refractivity (Wildman–Crippen MR) is 99.6 cm³/mol. The third-order valence-corrected chi connectivity index (χ3v) is 4.78. The number of hydrogen-bond donors (Lipinski definition) is 2. The Morgan fingerprint density at radius 1 is 1.25 bits per heavy atom. The molecule has 0 radical (unpaired) electrons. The minimum atomic E-state index is -3.33. The second kappa shape index (κ2) is 7.63. The Labute approximate surface area is 146 Å². The van der Waals surface area contributed by atoms with E-state index in [2.05, 4.69) is 10.0 Å². The van der Waals surface area contributed by atoms with E-state index in [0.29, 0.717) is 5.69 Å². The molecule has 1 unspecified atom stereocenters. The maximum absolute atomic E-state index is 12.0. The molecule has 0 saturated carbocycles. The Morgan fingerprint density at radius 2 is 2.00 bits per heavy atom. The van der Waals surface area contributed by atoms with Gasteiger partial charge in [-0.15, -0.1) is 11.3 Å². The van der Waals surface area contributed by atoms with E-state index in [0.717, 1.165) is 16.7 Å². The number of aryl methyl sites for hydroxylation is 1. The largest absolute Gasteiger partial charge is 0.346 e. The molecule has 1 amide bonds. The summed E-state index contributed by atoms with van der Waals surface area (Å²) in [4.78, 5) is 14.2. The first-order chi connectivity index (χ1) is 11.2. The van der Waals surface area contributed by atoms with Crippen LogP contribution < -0.4 is 10.0 Å². The average Bonchev–Trinajstić information content (AvgIpc) is 2.89. The number of thiophene rings is 1. The molecule has 1 atom stereocenters. The minimum Gasteiger partial charge on any atom is -0.346 e. The first kappa shape index (κ1) is 18.2. The maximum atomic E-state index is 12.0. The third-order valence-electron chi connectivity index (χ3n) is 3.21. The van der Waals surface area contributed by atoms with Crippen LogP contribution in [0.5, 0.6) is 0 Å². The lowest BCUT2D eigenvalue weighted by Gasteiger charge is -2.14. The zero-order chi connectivity index (χ0) is 17.7. The normalized spacial score (nSPS) is 13.0. The number of amides is 1. The van der Waals surface area contributed by atoms with Gasteiger partial charge in [0.15, 0.2) is 0 Å². The highest BCUT2D eigenvalue weighted by molar-refractivity contribution is 7.92. The van der Waals surface area contributed by atoms with Crippen LogP contribution in [0, 0.1) is 6.92 Å². The van der Waals surface area contributed by atoms with Gasteiger partial charge in [0.2, 0.25) is 15.9 Å². The molecular formula is C17H20N2O3S2. The molecule has 0 aliphatic rings. The van der Waals surface area contributed by atoms with E-state index >= 15 is 0 Å². The molecule has 0 saturated heterocycles. The van der Waals surface area contributed by atoms with Crippen LogP contribution in [0.15, 0.2) is 42.5 Å². The molecular weight excluding hydrogens is 344 g/mol. The van der Waals surface area contributed by atoms with E-state index in [9.17, 15) is 13.2 Å². The lowest BCUT2D eigenvalue weighted by Crippen LogP contribution is -2.24. The first-order valence-corrected chi connectivity index (χ1v) is 10.1. The fourth-order valence-corrected chi connectivity index (χ4v) is 3.47. The van der Waals surface area contributed by atoms with E-state index in [-0.39, 0.29) is 11.9 Å². The zero-order valence-corrected chi connectivity index (χ0v) is 15.4. The van der Waals surface area contributed by atoms with Crippen molar-refractivity contribution >= 4 is 39.0 Å². The number of carbonyl (C=O) groups excluding carboxylic acids is 1. The van der Waals surface area contributed by atoms with Crippen LogP contribution in [0.4, 0.5) is 5.69 Å². The van der Waals surface area contributed by atoms with Crippen LogP contribution in [0.25, 0.3) is 6.08 Å². The highest BCUT2D eigenvalue weighted by Gasteiger charge is 2.09. The van der Waals surface area contributed by atoms with Crippen LogP contribution >= 0.6 is 11.3 Å². The molecule has 128 valence electrons. The number of nitrogens with one attached hydrogen (secondary N) is 2. The van der Waals surface area contributed by atoms with Crippen molar-refractivity contribution in [3.63, 3.8) is 0 Å². The van der Waals surface area contributed by atoms with Gasteiger partial charge in [-0.25, -0.2) is 8.42 Å². The second-order valence-corrected chi connectivity index (χ2v) is 8.58. The number of rotatable bonds is 6. The molecule has 5 nitrogen and oxygen atoms in total. The Morgan fingerprint density at radius 3 is 2.62 bits per heavy atom. The molecule has 2 rings (SSSR count). The van der Waals surface area contributed by atoms with Crippen molar-refractivity contribution in [2.24, 2.45) is 0 Å². The monoisotopic (exact) mass is 364 g/mol. The molecule has 7 heteroatoms. The number of carbonyl (C=O) groups is 1. The van der Waals surface area contributed by atoms with Crippen molar-refractivity contribution in [1.82, 2.24) is 5.32 Å². The highest BCUT2D eigenvalue weighted by atomic mass is 32.2. The summed E-state index contributed by atoms with van der Waals surface area (Å²) in [6.45, 7) is 3.86. The van der Waals surface area contributed by atoms with Gasteiger partial charge in [0.05, 0.1) is 12.3 Å². The van der Waals surface area contributed by atoms with E-state index < -0.39 is 10.0 Å². The Hall–Kier alpha value is -2.12. The van der Waals surface area contributed by atoms with E-state index in [1.807, 2.05) is 32.0 Å². The number of sulfonamides is 1. The summed E-state index contributed by atoms with van der Waals surface area (Å²) >= 11 is 1.62. The van der Waals surface area contributed by atoms with Crippen molar-refractivity contribution in [2.75, 3.05) is 11.0 Å². The molecule has 0 fully saturated rings. The molecule has 1 heterocycles. The molecule has 2 aromatic rings.